The Hall–Kier alpha value is -4.00. The van der Waals surface area contributed by atoms with Gasteiger partial charge in [-0.15, -0.1) is 11.3 Å². The van der Waals surface area contributed by atoms with E-state index in [1.807, 2.05) is 12.1 Å². The third-order valence-electron chi connectivity index (χ3n) is 6.13. The summed E-state index contributed by atoms with van der Waals surface area (Å²) in [4.78, 5) is 43.4. The number of aromatic nitrogens is 1. The van der Waals surface area contributed by atoms with E-state index < -0.39 is 4.92 Å². The lowest BCUT2D eigenvalue weighted by atomic mass is 10.0. The van der Waals surface area contributed by atoms with E-state index >= 15 is 0 Å². The Morgan fingerprint density at radius 1 is 1.13 bits per heavy atom. The van der Waals surface area contributed by atoms with E-state index in [1.165, 1.54) is 36.3 Å². The smallest absolute Gasteiger partial charge is 0.311 e. The monoisotopic (exact) mass is 564 g/mol. The molecule has 0 aliphatic carbocycles. The van der Waals surface area contributed by atoms with Gasteiger partial charge in [-0.1, -0.05) is 30.0 Å². The summed E-state index contributed by atoms with van der Waals surface area (Å²) < 4.78 is 12.1. The summed E-state index contributed by atoms with van der Waals surface area (Å²) in [7, 11) is 1.40. The SMILES string of the molecule is COc1ccc(CSc2nc3ccc(NC(=O)c4ccccc4C(=O)N4CCOCC4)cc3s2)cc1[N+](=O)[O-]. The van der Waals surface area contributed by atoms with Crippen molar-refractivity contribution in [1.82, 2.24) is 9.88 Å². The number of thiazole rings is 1. The van der Waals surface area contributed by atoms with Crippen LogP contribution >= 0.6 is 23.1 Å². The van der Waals surface area contributed by atoms with E-state index in [1.54, 1.807) is 47.4 Å². The molecule has 12 heteroatoms. The van der Waals surface area contributed by atoms with Crippen molar-refractivity contribution in [3.63, 3.8) is 0 Å². The molecule has 1 fully saturated rings. The number of amides is 2. The number of carbonyl (C=O) groups is 2. The van der Waals surface area contributed by atoms with Gasteiger partial charge in [0.25, 0.3) is 11.8 Å². The number of nitrogens with zero attached hydrogens (tertiary/aromatic N) is 3. The van der Waals surface area contributed by atoms with E-state index in [0.717, 1.165) is 20.1 Å². The number of nitrogens with one attached hydrogen (secondary N) is 1. The first kappa shape index (κ1) is 26.6. The van der Waals surface area contributed by atoms with E-state index in [0.29, 0.717) is 48.9 Å². The number of anilines is 1. The predicted octanol–water partition coefficient (Wildman–Crippen LogP) is 5.23. The number of methoxy groups -OCH3 is 1. The Balaban J connectivity index is 1.28. The number of morpholine rings is 1. The maximum Gasteiger partial charge on any atom is 0.311 e. The lowest BCUT2D eigenvalue weighted by Crippen LogP contribution is -2.41. The number of ether oxygens (including phenoxy) is 2. The van der Waals surface area contributed by atoms with Crippen molar-refractivity contribution in [3.8, 4) is 5.75 Å². The van der Waals surface area contributed by atoms with Gasteiger partial charge in [-0.2, -0.15) is 0 Å². The normalized spacial score (nSPS) is 13.3. The van der Waals surface area contributed by atoms with Crippen molar-refractivity contribution >= 4 is 56.5 Å². The van der Waals surface area contributed by atoms with Crippen LogP contribution in [-0.4, -0.2) is 60.0 Å². The molecule has 1 aromatic heterocycles. The molecule has 2 heterocycles. The largest absolute Gasteiger partial charge is 0.490 e. The van der Waals surface area contributed by atoms with Crippen LogP contribution in [0.25, 0.3) is 10.2 Å². The molecule has 3 aromatic carbocycles. The fourth-order valence-electron chi connectivity index (χ4n) is 4.16. The first-order chi connectivity index (χ1) is 18.9. The number of nitro groups is 1. The van der Waals surface area contributed by atoms with Gasteiger partial charge < -0.3 is 19.7 Å². The zero-order valence-electron chi connectivity index (χ0n) is 20.9. The van der Waals surface area contributed by atoms with Crippen LogP contribution in [-0.2, 0) is 10.5 Å². The van der Waals surface area contributed by atoms with Gasteiger partial charge in [0.2, 0.25) is 0 Å². The minimum atomic E-state index is -0.461. The highest BCUT2D eigenvalue weighted by Gasteiger charge is 2.23. The Morgan fingerprint density at radius 3 is 2.64 bits per heavy atom. The van der Waals surface area contributed by atoms with E-state index in [-0.39, 0.29) is 23.3 Å². The molecule has 200 valence electrons. The number of thioether (sulfide) groups is 1. The third-order valence-corrected chi connectivity index (χ3v) is 8.36. The van der Waals surface area contributed by atoms with Crippen molar-refractivity contribution in [2.24, 2.45) is 0 Å². The second-order valence-electron chi connectivity index (χ2n) is 8.62. The summed E-state index contributed by atoms with van der Waals surface area (Å²) >= 11 is 2.94. The Kier molecular flexibility index (Phi) is 8.05. The average Bonchev–Trinajstić information content (AvgIpc) is 3.38. The molecule has 5 rings (SSSR count). The quantitative estimate of drug-likeness (QED) is 0.175. The first-order valence-electron chi connectivity index (χ1n) is 12.0. The molecule has 0 unspecified atom stereocenters. The number of benzene rings is 3. The van der Waals surface area contributed by atoms with Gasteiger partial charge in [0.05, 0.1) is 46.6 Å². The van der Waals surface area contributed by atoms with Crippen molar-refractivity contribution in [2.45, 2.75) is 10.1 Å². The molecule has 1 aliphatic heterocycles. The van der Waals surface area contributed by atoms with Crippen LogP contribution in [0.4, 0.5) is 11.4 Å². The number of hydrogen-bond donors (Lipinski definition) is 1. The maximum absolute atomic E-state index is 13.2. The van der Waals surface area contributed by atoms with Crippen LogP contribution in [0.1, 0.15) is 26.3 Å². The molecule has 39 heavy (non-hydrogen) atoms. The van der Waals surface area contributed by atoms with Gasteiger partial charge in [-0.25, -0.2) is 4.98 Å². The molecule has 1 aliphatic rings. The summed E-state index contributed by atoms with van der Waals surface area (Å²) in [5, 5.41) is 14.2. The number of hydrogen-bond acceptors (Lipinski definition) is 9. The lowest BCUT2D eigenvalue weighted by molar-refractivity contribution is -0.385. The molecule has 10 nitrogen and oxygen atoms in total. The Bertz CT molecular complexity index is 1550. The zero-order chi connectivity index (χ0) is 27.4. The Morgan fingerprint density at radius 2 is 1.90 bits per heavy atom. The van der Waals surface area contributed by atoms with Crippen molar-refractivity contribution in [1.29, 1.82) is 0 Å². The molecule has 0 atom stereocenters. The van der Waals surface area contributed by atoms with Gasteiger partial charge in [0.1, 0.15) is 0 Å². The summed E-state index contributed by atoms with van der Waals surface area (Å²) in [5.74, 6) is 0.163. The first-order valence-corrected chi connectivity index (χ1v) is 13.9. The molecule has 4 aromatic rings. The summed E-state index contributed by atoms with van der Waals surface area (Å²) in [6, 6.07) is 17.1. The molecular formula is C27H24N4O6S2. The summed E-state index contributed by atoms with van der Waals surface area (Å²) in [6.45, 7) is 1.95. The Labute approximate surface area is 232 Å². The lowest BCUT2D eigenvalue weighted by Gasteiger charge is -2.27. The minimum Gasteiger partial charge on any atom is -0.490 e. The standard InChI is InChI=1S/C27H24N4O6S2/c1-36-23-9-6-17(14-22(23)31(34)35)16-38-27-29-21-8-7-18(15-24(21)39-27)28-25(32)19-4-2-3-5-20(19)26(33)30-10-12-37-13-11-30/h2-9,14-15H,10-13,16H2,1H3,(H,28,32). The second kappa shape index (κ2) is 11.8. The van der Waals surface area contributed by atoms with Crippen LogP contribution in [0.5, 0.6) is 5.75 Å². The zero-order valence-corrected chi connectivity index (χ0v) is 22.5. The molecule has 0 radical (unpaired) electrons. The second-order valence-corrected chi connectivity index (χ2v) is 10.9. The van der Waals surface area contributed by atoms with E-state index in [4.69, 9.17) is 9.47 Å². The van der Waals surface area contributed by atoms with Gasteiger partial charge in [-0.3, -0.25) is 19.7 Å². The number of fused-ring (bicyclic) bond motifs is 1. The highest BCUT2D eigenvalue weighted by atomic mass is 32.2. The fraction of sp³-hybridized carbons (Fsp3) is 0.222. The predicted molar refractivity (Wildman–Crippen MR) is 150 cm³/mol. The van der Waals surface area contributed by atoms with Crippen molar-refractivity contribution in [3.05, 3.63) is 87.5 Å². The van der Waals surface area contributed by atoms with Gasteiger partial charge in [0.15, 0.2) is 10.1 Å². The molecular weight excluding hydrogens is 540 g/mol. The number of rotatable bonds is 8. The molecule has 0 spiro atoms. The number of carbonyl (C=O) groups excluding carboxylic acids is 2. The van der Waals surface area contributed by atoms with E-state index in [2.05, 4.69) is 10.3 Å². The topological polar surface area (TPSA) is 124 Å². The van der Waals surface area contributed by atoms with Gasteiger partial charge >= 0.3 is 5.69 Å². The van der Waals surface area contributed by atoms with Crippen molar-refractivity contribution < 1.29 is 24.0 Å². The molecule has 2 amide bonds. The van der Waals surface area contributed by atoms with Crippen LogP contribution in [0.3, 0.4) is 0 Å². The summed E-state index contributed by atoms with van der Waals surface area (Å²) in [5.41, 5.74) is 2.74. The van der Waals surface area contributed by atoms with Gasteiger partial charge in [0, 0.05) is 30.6 Å². The minimum absolute atomic E-state index is 0.0755. The maximum atomic E-state index is 13.2. The van der Waals surface area contributed by atoms with Crippen LogP contribution < -0.4 is 10.1 Å². The van der Waals surface area contributed by atoms with E-state index in [9.17, 15) is 19.7 Å². The fourth-order valence-corrected chi connectivity index (χ4v) is 6.21. The highest BCUT2D eigenvalue weighted by Crippen LogP contribution is 2.35. The molecule has 0 bridgehead atoms. The number of nitro benzene ring substituents is 1. The van der Waals surface area contributed by atoms with Crippen LogP contribution in [0, 0.1) is 10.1 Å². The summed E-state index contributed by atoms with van der Waals surface area (Å²) in [6.07, 6.45) is 0. The third kappa shape index (κ3) is 6.03. The average molecular weight is 565 g/mol. The van der Waals surface area contributed by atoms with Crippen LogP contribution in [0.2, 0.25) is 0 Å². The highest BCUT2D eigenvalue weighted by molar-refractivity contribution is 8.00. The molecule has 1 N–H and O–H groups in total. The van der Waals surface area contributed by atoms with Crippen LogP contribution in [0.15, 0.2) is 65.0 Å². The molecule has 0 saturated carbocycles. The van der Waals surface area contributed by atoms with Crippen molar-refractivity contribution in [2.75, 3.05) is 38.7 Å². The molecule has 1 saturated heterocycles. The van der Waals surface area contributed by atoms with Gasteiger partial charge in [-0.05, 0) is 42.0 Å².